The molecule has 0 heterocycles. The van der Waals surface area contributed by atoms with Gasteiger partial charge in [0.1, 0.15) is 0 Å². The zero-order valence-electron chi connectivity index (χ0n) is 21.3. The van der Waals surface area contributed by atoms with Crippen molar-refractivity contribution >= 4 is 27.5 Å². The summed E-state index contributed by atoms with van der Waals surface area (Å²) >= 11 is 3.72. The minimum Gasteiger partial charge on any atom is -0.325 e. The maximum Gasteiger partial charge on any atom is 0.230 e. The second-order valence-corrected chi connectivity index (χ2v) is 12.7. The number of halogens is 1. The van der Waals surface area contributed by atoms with E-state index in [0.717, 1.165) is 46.0 Å². The molecular formula is C29H42BrNO. The number of aryl methyl sites for hydroxylation is 2. The minimum atomic E-state index is -0.309. The number of amides is 1. The Morgan fingerprint density at radius 1 is 1.09 bits per heavy atom. The van der Waals surface area contributed by atoms with Gasteiger partial charge in [-0.2, -0.15) is 0 Å². The van der Waals surface area contributed by atoms with Gasteiger partial charge in [-0.1, -0.05) is 67.3 Å². The summed E-state index contributed by atoms with van der Waals surface area (Å²) in [7, 11) is 0. The molecule has 1 fully saturated rings. The van der Waals surface area contributed by atoms with E-state index in [9.17, 15) is 4.79 Å². The summed E-state index contributed by atoms with van der Waals surface area (Å²) in [6.07, 6.45) is 9.66. The lowest BCUT2D eigenvalue weighted by atomic mass is 9.48. The van der Waals surface area contributed by atoms with Crippen LogP contribution in [0, 0.1) is 49.4 Å². The molecule has 1 saturated carbocycles. The molecule has 1 N–H and O–H groups in total. The van der Waals surface area contributed by atoms with Crippen LogP contribution in [0.25, 0.3) is 0 Å². The normalized spacial score (nSPS) is 32.5. The number of nitrogens with one attached hydrogen (secondary N) is 1. The van der Waals surface area contributed by atoms with E-state index in [-0.39, 0.29) is 16.7 Å². The van der Waals surface area contributed by atoms with E-state index in [1.807, 2.05) is 0 Å². The van der Waals surface area contributed by atoms with Gasteiger partial charge in [-0.3, -0.25) is 4.79 Å². The van der Waals surface area contributed by atoms with Crippen molar-refractivity contribution in [3.05, 3.63) is 38.4 Å². The lowest BCUT2D eigenvalue weighted by Crippen LogP contribution is -2.52. The second-order valence-electron chi connectivity index (χ2n) is 11.9. The molecule has 0 saturated heterocycles. The third kappa shape index (κ3) is 3.81. The highest BCUT2D eigenvalue weighted by molar-refractivity contribution is 9.10. The Labute approximate surface area is 204 Å². The Kier molecular flexibility index (Phi) is 6.46. The first-order chi connectivity index (χ1) is 15.0. The van der Waals surface area contributed by atoms with E-state index in [1.165, 1.54) is 44.1 Å². The van der Waals surface area contributed by atoms with Crippen LogP contribution in [0.2, 0.25) is 0 Å². The summed E-state index contributed by atoms with van der Waals surface area (Å²) in [4.78, 5) is 13.9. The predicted octanol–water partition coefficient (Wildman–Crippen LogP) is 8.67. The van der Waals surface area contributed by atoms with Gasteiger partial charge in [0.15, 0.2) is 0 Å². The number of hydrogen-bond donors (Lipinski definition) is 1. The van der Waals surface area contributed by atoms with Crippen molar-refractivity contribution in [1.29, 1.82) is 0 Å². The van der Waals surface area contributed by atoms with E-state index >= 15 is 0 Å². The van der Waals surface area contributed by atoms with Gasteiger partial charge in [-0.25, -0.2) is 0 Å². The molecule has 4 atom stereocenters. The average molecular weight is 501 g/mol. The molecular weight excluding hydrogens is 458 g/mol. The van der Waals surface area contributed by atoms with Crippen LogP contribution in [0.5, 0.6) is 0 Å². The Hall–Kier alpha value is -1.09. The fraction of sp³-hybridized carbons (Fsp3) is 0.690. The van der Waals surface area contributed by atoms with Crippen LogP contribution < -0.4 is 5.32 Å². The number of carbonyl (C=O) groups is 1. The molecule has 0 radical (unpaired) electrons. The van der Waals surface area contributed by atoms with Crippen LogP contribution in [-0.4, -0.2) is 5.91 Å². The molecule has 4 rings (SSSR count). The van der Waals surface area contributed by atoms with Crippen molar-refractivity contribution in [2.45, 2.75) is 99.8 Å². The lowest BCUT2D eigenvalue weighted by molar-refractivity contribution is -0.135. The number of rotatable bonds is 3. The number of hydrogen-bond acceptors (Lipinski definition) is 1. The van der Waals surface area contributed by atoms with Crippen molar-refractivity contribution in [2.75, 3.05) is 5.32 Å². The highest BCUT2D eigenvalue weighted by Gasteiger charge is 2.56. The standard InChI is InChI=1S/C29H42BrNO/c1-17(2)21-9-11-23-22(16-21)10-12-24-28(23,6)13-8-14-29(24,7)27(32)31-26-19(4)15-18(3)25(30)20(26)5/h15,17,21,24H,8-14,16H2,1-7H3,(H,31,32)/t21?,24?,28?,29-/m1/s1. The largest absolute Gasteiger partial charge is 0.325 e. The fourth-order valence-electron chi connectivity index (χ4n) is 7.63. The van der Waals surface area contributed by atoms with E-state index < -0.39 is 0 Å². The number of anilines is 1. The summed E-state index contributed by atoms with van der Waals surface area (Å²) in [5.74, 6) is 2.29. The molecule has 3 aliphatic rings. The summed E-state index contributed by atoms with van der Waals surface area (Å²) in [6.45, 7) is 15.9. The molecule has 0 aromatic heterocycles. The van der Waals surface area contributed by atoms with Crippen molar-refractivity contribution in [1.82, 2.24) is 0 Å². The molecule has 32 heavy (non-hydrogen) atoms. The third-order valence-electron chi connectivity index (χ3n) is 9.63. The van der Waals surface area contributed by atoms with Gasteiger partial charge in [-0.05, 0) is 106 Å². The monoisotopic (exact) mass is 499 g/mol. The third-order valence-corrected chi connectivity index (χ3v) is 10.9. The summed E-state index contributed by atoms with van der Waals surface area (Å²) in [5.41, 5.74) is 7.89. The zero-order chi connectivity index (χ0) is 23.4. The number of fused-ring (bicyclic) bond motifs is 2. The summed E-state index contributed by atoms with van der Waals surface area (Å²) in [6, 6.07) is 2.17. The SMILES string of the molecule is Cc1cc(C)c(NC(=O)[C@]2(C)CCCC3(C)C4=C(CCC32)CC(C(C)C)CC4)c(C)c1Br. The molecule has 176 valence electrons. The van der Waals surface area contributed by atoms with E-state index in [2.05, 4.69) is 75.8 Å². The van der Waals surface area contributed by atoms with Crippen LogP contribution in [0.4, 0.5) is 5.69 Å². The molecule has 1 amide bonds. The van der Waals surface area contributed by atoms with E-state index in [0.29, 0.717) is 5.92 Å². The van der Waals surface area contributed by atoms with Crippen molar-refractivity contribution in [3.63, 3.8) is 0 Å². The maximum absolute atomic E-state index is 13.9. The van der Waals surface area contributed by atoms with Crippen molar-refractivity contribution in [3.8, 4) is 0 Å². The second kappa shape index (κ2) is 8.60. The van der Waals surface area contributed by atoms with E-state index in [1.54, 1.807) is 11.1 Å². The Morgan fingerprint density at radius 3 is 2.50 bits per heavy atom. The highest BCUT2D eigenvalue weighted by atomic mass is 79.9. The highest BCUT2D eigenvalue weighted by Crippen LogP contribution is 2.62. The molecule has 2 nitrogen and oxygen atoms in total. The molecule has 1 aromatic rings. The Morgan fingerprint density at radius 2 is 1.81 bits per heavy atom. The van der Waals surface area contributed by atoms with Crippen molar-refractivity contribution in [2.24, 2.45) is 28.6 Å². The van der Waals surface area contributed by atoms with Crippen LogP contribution in [-0.2, 0) is 4.79 Å². The summed E-state index contributed by atoms with van der Waals surface area (Å²) < 4.78 is 1.10. The maximum atomic E-state index is 13.9. The first kappa shape index (κ1) is 24.0. The molecule has 0 aliphatic heterocycles. The first-order valence-corrected chi connectivity index (χ1v) is 13.6. The molecule has 1 aromatic carbocycles. The van der Waals surface area contributed by atoms with Gasteiger partial charge < -0.3 is 5.32 Å². The molecule has 3 heteroatoms. The fourth-order valence-corrected chi connectivity index (χ4v) is 7.95. The Balaban J connectivity index is 1.64. The van der Waals surface area contributed by atoms with Crippen molar-refractivity contribution < 1.29 is 4.79 Å². The Bertz CT molecular complexity index is 960. The quantitative estimate of drug-likeness (QED) is 0.413. The predicted molar refractivity (Wildman–Crippen MR) is 139 cm³/mol. The van der Waals surface area contributed by atoms with Crippen LogP contribution in [0.15, 0.2) is 21.7 Å². The number of benzene rings is 1. The average Bonchev–Trinajstić information content (AvgIpc) is 2.74. The van der Waals surface area contributed by atoms with Gasteiger partial charge in [0, 0.05) is 10.2 Å². The van der Waals surface area contributed by atoms with Crippen LogP contribution in [0.3, 0.4) is 0 Å². The van der Waals surface area contributed by atoms with Gasteiger partial charge in [-0.15, -0.1) is 0 Å². The first-order valence-electron chi connectivity index (χ1n) is 12.8. The topological polar surface area (TPSA) is 29.1 Å². The smallest absolute Gasteiger partial charge is 0.230 e. The molecule has 0 bridgehead atoms. The molecule has 3 unspecified atom stereocenters. The van der Waals surface area contributed by atoms with Gasteiger partial charge in [0.25, 0.3) is 0 Å². The lowest BCUT2D eigenvalue weighted by Gasteiger charge is -2.56. The van der Waals surface area contributed by atoms with Gasteiger partial charge in [0.2, 0.25) is 5.91 Å². The number of carbonyl (C=O) groups excluding carboxylic acids is 1. The van der Waals surface area contributed by atoms with E-state index in [4.69, 9.17) is 0 Å². The van der Waals surface area contributed by atoms with Crippen LogP contribution >= 0.6 is 15.9 Å². The summed E-state index contributed by atoms with van der Waals surface area (Å²) in [5, 5.41) is 3.42. The number of allylic oxidation sites excluding steroid dienone is 2. The zero-order valence-corrected chi connectivity index (χ0v) is 22.8. The van der Waals surface area contributed by atoms with Gasteiger partial charge in [0.05, 0.1) is 5.41 Å². The molecule has 3 aliphatic carbocycles. The van der Waals surface area contributed by atoms with Gasteiger partial charge >= 0.3 is 0 Å². The minimum absolute atomic E-state index is 0.192. The molecule has 0 spiro atoms. The van der Waals surface area contributed by atoms with Crippen LogP contribution in [0.1, 0.15) is 95.8 Å².